The molecule has 9 heteroatoms. The van der Waals surface area contributed by atoms with Crippen LogP contribution >= 0.6 is 0 Å². The molecule has 2 saturated heterocycles. The first-order valence-electron chi connectivity index (χ1n) is 8.40. The SMILES string of the molecule is O=S(=O)(c1cnn(C2CCOC2)c1)N1CCNCC1c1cccnc1. The van der Waals surface area contributed by atoms with Gasteiger partial charge in [-0.15, -0.1) is 0 Å². The number of nitrogens with one attached hydrogen (secondary N) is 1. The van der Waals surface area contributed by atoms with Crippen LogP contribution in [0.2, 0.25) is 0 Å². The fraction of sp³-hybridized carbons (Fsp3) is 0.500. The van der Waals surface area contributed by atoms with Gasteiger partial charge in [0.25, 0.3) is 0 Å². The summed E-state index contributed by atoms with van der Waals surface area (Å²) in [4.78, 5) is 4.36. The Morgan fingerprint density at radius 1 is 1.32 bits per heavy atom. The average Bonchev–Trinajstić information content (AvgIpc) is 3.34. The Labute approximate surface area is 146 Å². The highest BCUT2D eigenvalue weighted by Crippen LogP contribution is 2.29. The third-order valence-corrected chi connectivity index (χ3v) is 6.59. The van der Waals surface area contributed by atoms with Crippen LogP contribution in [0.15, 0.2) is 41.8 Å². The predicted octanol–water partition coefficient (Wildman–Crippen LogP) is 0.575. The van der Waals surface area contributed by atoms with Gasteiger partial charge >= 0.3 is 0 Å². The Morgan fingerprint density at radius 2 is 2.24 bits per heavy atom. The molecule has 0 bridgehead atoms. The largest absolute Gasteiger partial charge is 0.379 e. The zero-order chi connectivity index (χ0) is 17.3. The van der Waals surface area contributed by atoms with Gasteiger partial charge in [-0.25, -0.2) is 8.42 Å². The molecule has 2 aliphatic heterocycles. The predicted molar refractivity (Wildman–Crippen MR) is 90.4 cm³/mol. The maximum Gasteiger partial charge on any atom is 0.246 e. The van der Waals surface area contributed by atoms with Crippen molar-refractivity contribution in [3.63, 3.8) is 0 Å². The zero-order valence-corrected chi connectivity index (χ0v) is 14.6. The van der Waals surface area contributed by atoms with Gasteiger partial charge in [0.15, 0.2) is 0 Å². The number of rotatable bonds is 4. The maximum absolute atomic E-state index is 13.2. The molecule has 4 rings (SSSR count). The van der Waals surface area contributed by atoms with E-state index in [-0.39, 0.29) is 17.0 Å². The van der Waals surface area contributed by atoms with Crippen LogP contribution < -0.4 is 5.32 Å². The molecule has 2 unspecified atom stereocenters. The van der Waals surface area contributed by atoms with Crippen molar-refractivity contribution in [2.75, 3.05) is 32.8 Å². The molecule has 134 valence electrons. The third-order valence-electron chi connectivity index (χ3n) is 4.73. The average molecular weight is 363 g/mol. The number of aromatic nitrogens is 3. The molecule has 4 heterocycles. The van der Waals surface area contributed by atoms with Gasteiger partial charge in [-0.3, -0.25) is 9.67 Å². The minimum absolute atomic E-state index is 0.112. The lowest BCUT2D eigenvalue weighted by Gasteiger charge is -2.34. The number of pyridine rings is 1. The number of hydrogen-bond acceptors (Lipinski definition) is 6. The van der Waals surface area contributed by atoms with Crippen molar-refractivity contribution in [1.82, 2.24) is 24.4 Å². The van der Waals surface area contributed by atoms with E-state index in [0.29, 0.717) is 32.8 Å². The molecule has 2 aliphatic rings. The van der Waals surface area contributed by atoms with Crippen molar-refractivity contribution >= 4 is 10.0 Å². The van der Waals surface area contributed by atoms with Crippen molar-refractivity contribution < 1.29 is 13.2 Å². The van der Waals surface area contributed by atoms with Gasteiger partial charge in [0.2, 0.25) is 10.0 Å². The molecule has 0 aromatic carbocycles. The second kappa shape index (κ2) is 6.83. The fourth-order valence-electron chi connectivity index (χ4n) is 3.35. The number of sulfonamides is 1. The molecule has 0 aliphatic carbocycles. The number of nitrogens with zero attached hydrogens (tertiary/aromatic N) is 4. The minimum atomic E-state index is -3.63. The molecule has 2 aromatic rings. The lowest BCUT2D eigenvalue weighted by molar-refractivity contribution is 0.184. The first kappa shape index (κ1) is 16.6. The molecule has 0 amide bonds. The molecule has 1 N–H and O–H groups in total. The second-order valence-corrected chi connectivity index (χ2v) is 8.19. The van der Waals surface area contributed by atoms with Crippen molar-refractivity contribution in [3.8, 4) is 0 Å². The van der Waals surface area contributed by atoms with Crippen LogP contribution in [0.4, 0.5) is 0 Å². The Balaban J connectivity index is 1.63. The molecule has 2 fully saturated rings. The normalized spacial score (nSPS) is 25.3. The van der Waals surface area contributed by atoms with E-state index in [2.05, 4.69) is 15.4 Å². The topological polar surface area (TPSA) is 89.3 Å². The van der Waals surface area contributed by atoms with Gasteiger partial charge < -0.3 is 10.1 Å². The second-order valence-electron chi connectivity index (χ2n) is 6.30. The van der Waals surface area contributed by atoms with E-state index in [1.165, 1.54) is 6.20 Å². The van der Waals surface area contributed by atoms with Crippen molar-refractivity contribution in [2.45, 2.75) is 23.4 Å². The summed E-state index contributed by atoms with van der Waals surface area (Å²) >= 11 is 0. The summed E-state index contributed by atoms with van der Waals surface area (Å²) in [5, 5.41) is 7.53. The van der Waals surface area contributed by atoms with E-state index in [1.807, 2.05) is 12.1 Å². The Kier molecular flexibility index (Phi) is 4.55. The Hall–Kier alpha value is -1.81. The highest BCUT2D eigenvalue weighted by Gasteiger charge is 2.35. The standard InChI is InChI=1S/C16H21N5O3S/c22-25(23,15-9-19-20(11-15)14-3-7-24-12-14)21-6-5-18-10-16(21)13-2-1-4-17-8-13/h1-2,4,8-9,11,14,16,18H,3,5-7,10,12H2. The van der Waals surface area contributed by atoms with Crippen LogP contribution in [0.5, 0.6) is 0 Å². The van der Waals surface area contributed by atoms with Crippen LogP contribution in [0.1, 0.15) is 24.1 Å². The zero-order valence-electron chi connectivity index (χ0n) is 13.8. The quantitative estimate of drug-likeness (QED) is 0.854. The van der Waals surface area contributed by atoms with Gasteiger partial charge in [-0.2, -0.15) is 9.40 Å². The summed E-state index contributed by atoms with van der Waals surface area (Å²) in [6.07, 6.45) is 7.33. The summed E-state index contributed by atoms with van der Waals surface area (Å²) in [5.74, 6) is 0. The molecule has 8 nitrogen and oxygen atoms in total. The fourth-order valence-corrected chi connectivity index (χ4v) is 4.91. The maximum atomic E-state index is 13.2. The Morgan fingerprint density at radius 3 is 3.00 bits per heavy atom. The Bertz CT molecular complexity index is 817. The van der Waals surface area contributed by atoms with Crippen LogP contribution in [0.25, 0.3) is 0 Å². The van der Waals surface area contributed by atoms with Crippen molar-refractivity contribution in [1.29, 1.82) is 0 Å². The summed E-state index contributed by atoms with van der Waals surface area (Å²) in [5.41, 5.74) is 0.884. The van der Waals surface area contributed by atoms with E-state index in [1.54, 1.807) is 27.6 Å². The molecule has 2 atom stereocenters. The van der Waals surface area contributed by atoms with E-state index in [9.17, 15) is 8.42 Å². The first-order chi connectivity index (χ1) is 12.2. The van der Waals surface area contributed by atoms with Gasteiger partial charge in [0.1, 0.15) is 4.90 Å². The molecule has 25 heavy (non-hydrogen) atoms. The van der Waals surface area contributed by atoms with Crippen LogP contribution in [0.3, 0.4) is 0 Å². The van der Waals surface area contributed by atoms with E-state index >= 15 is 0 Å². The van der Waals surface area contributed by atoms with E-state index in [4.69, 9.17) is 4.74 Å². The van der Waals surface area contributed by atoms with E-state index < -0.39 is 10.0 Å². The van der Waals surface area contributed by atoms with Gasteiger partial charge in [-0.05, 0) is 18.1 Å². The van der Waals surface area contributed by atoms with Crippen molar-refractivity contribution in [2.24, 2.45) is 0 Å². The number of ether oxygens (including phenoxy) is 1. The third kappa shape index (κ3) is 3.20. The highest BCUT2D eigenvalue weighted by atomic mass is 32.2. The molecule has 0 saturated carbocycles. The van der Waals surface area contributed by atoms with Gasteiger partial charge in [-0.1, -0.05) is 6.07 Å². The van der Waals surface area contributed by atoms with Crippen LogP contribution in [-0.4, -0.2) is 60.3 Å². The van der Waals surface area contributed by atoms with Gasteiger partial charge in [0.05, 0.1) is 24.9 Å². The van der Waals surface area contributed by atoms with Crippen LogP contribution in [-0.2, 0) is 14.8 Å². The molecule has 0 spiro atoms. The number of hydrogen-bond donors (Lipinski definition) is 1. The van der Waals surface area contributed by atoms with E-state index in [0.717, 1.165) is 12.0 Å². The summed E-state index contributed by atoms with van der Waals surface area (Å²) in [6, 6.07) is 3.57. The van der Waals surface area contributed by atoms with Crippen molar-refractivity contribution in [3.05, 3.63) is 42.5 Å². The highest BCUT2D eigenvalue weighted by molar-refractivity contribution is 7.89. The summed E-state index contributed by atoms with van der Waals surface area (Å²) in [6.45, 7) is 2.87. The first-order valence-corrected chi connectivity index (χ1v) is 9.84. The lowest BCUT2D eigenvalue weighted by atomic mass is 10.1. The summed E-state index contributed by atoms with van der Waals surface area (Å²) < 4.78 is 35.0. The smallest absolute Gasteiger partial charge is 0.246 e. The molecule has 0 radical (unpaired) electrons. The molecular formula is C16H21N5O3S. The van der Waals surface area contributed by atoms with Crippen LogP contribution in [0, 0.1) is 0 Å². The monoisotopic (exact) mass is 363 g/mol. The molecule has 2 aromatic heterocycles. The van der Waals surface area contributed by atoms with Gasteiger partial charge in [0, 0.05) is 44.8 Å². The minimum Gasteiger partial charge on any atom is -0.379 e. The lowest BCUT2D eigenvalue weighted by Crippen LogP contribution is -2.48. The summed E-state index contributed by atoms with van der Waals surface area (Å²) in [7, 11) is -3.63. The number of piperazine rings is 1. The molecular weight excluding hydrogens is 342 g/mol.